The molecule has 2 aromatic carbocycles. The van der Waals surface area contributed by atoms with Crippen LogP contribution in [0.15, 0.2) is 41.2 Å². The molecule has 0 unspecified atom stereocenters. The second-order valence-electron chi connectivity index (χ2n) is 5.01. The summed E-state index contributed by atoms with van der Waals surface area (Å²) in [5.41, 5.74) is 0.805. The Morgan fingerprint density at radius 3 is 2.76 bits per heavy atom. The molecule has 1 aliphatic heterocycles. The molecule has 0 bridgehead atoms. The van der Waals surface area contributed by atoms with Gasteiger partial charge in [-0.1, -0.05) is 18.2 Å². The molecule has 0 radical (unpaired) electrons. The van der Waals surface area contributed by atoms with Gasteiger partial charge in [-0.25, -0.2) is 0 Å². The summed E-state index contributed by atoms with van der Waals surface area (Å²) in [6.45, 7) is 0.256. The number of hydrogen-bond donors (Lipinski definition) is 1. The molecule has 0 saturated carbocycles. The molecule has 0 saturated heterocycles. The third kappa shape index (κ3) is 1.41. The maximum Gasteiger partial charge on any atom is 0.266 e. The van der Waals surface area contributed by atoms with Gasteiger partial charge in [-0.15, -0.1) is 11.3 Å². The summed E-state index contributed by atoms with van der Waals surface area (Å²) < 4.78 is 12.7. The molecule has 4 aromatic rings. The molecule has 5 heteroatoms. The van der Waals surface area contributed by atoms with Crippen molar-refractivity contribution < 1.29 is 9.47 Å². The number of pyridine rings is 1. The molecule has 0 amide bonds. The maximum absolute atomic E-state index is 12.3. The molecule has 0 atom stereocenters. The molecule has 0 aliphatic carbocycles. The molecular formula is C16H9NO3S. The Morgan fingerprint density at radius 1 is 1.05 bits per heavy atom. The minimum Gasteiger partial charge on any atom is -0.454 e. The molecule has 3 heterocycles. The van der Waals surface area contributed by atoms with Crippen molar-refractivity contribution in [3.63, 3.8) is 0 Å². The zero-order valence-corrected chi connectivity index (χ0v) is 11.6. The SMILES string of the molecule is O=c1[nH]c2ccccc2c2c1sc1cc3c(cc12)OCO3. The summed E-state index contributed by atoms with van der Waals surface area (Å²) in [5, 5.41) is 3.09. The van der Waals surface area contributed by atoms with Crippen LogP contribution < -0.4 is 15.0 Å². The molecule has 1 aliphatic rings. The number of rotatable bonds is 0. The van der Waals surface area contributed by atoms with Gasteiger partial charge in [0.25, 0.3) is 5.56 Å². The van der Waals surface area contributed by atoms with Crippen LogP contribution >= 0.6 is 11.3 Å². The topological polar surface area (TPSA) is 51.3 Å². The van der Waals surface area contributed by atoms with E-state index in [1.165, 1.54) is 11.3 Å². The Hall–Kier alpha value is -2.53. The summed E-state index contributed by atoms with van der Waals surface area (Å²) in [5.74, 6) is 1.49. The highest BCUT2D eigenvalue weighted by Gasteiger charge is 2.19. The molecule has 1 N–H and O–H groups in total. The van der Waals surface area contributed by atoms with E-state index in [1.54, 1.807) is 0 Å². The molecule has 21 heavy (non-hydrogen) atoms. The second kappa shape index (κ2) is 3.77. The van der Waals surface area contributed by atoms with E-state index in [0.717, 1.165) is 42.6 Å². The molecule has 0 spiro atoms. The highest BCUT2D eigenvalue weighted by Crippen LogP contribution is 2.43. The van der Waals surface area contributed by atoms with E-state index in [1.807, 2.05) is 36.4 Å². The van der Waals surface area contributed by atoms with Gasteiger partial charge in [0.1, 0.15) is 4.70 Å². The maximum atomic E-state index is 12.3. The molecule has 2 aromatic heterocycles. The third-order valence-electron chi connectivity index (χ3n) is 3.83. The van der Waals surface area contributed by atoms with E-state index in [0.29, 0.717) is 0 Å². The smallest absolute Gasteiger partial charge is 0.266 e. The van der Waals surface area contributed by atoms with E-state index in [2.05, 4.69) is 4.98 Å². The largest absolute Gasteiger partial charge is 0.454 e. The summed E-state index contributed by atoms with van der Waals surface area (Å²) in [4.78, 5) is 15.3. The number of fused-ring (bicyclic) bond motifs is 6. The van der Waals surface area contributed by atoms with E-state index in [9.17, 15) is 4.79 Å². The van der Waals surface area contributed by atoms with E-state index in [4.69, 9.17) is 9.47 Å². The van der Waals surface area contributed by atoms with Crippen LogP contribution in [0.4, 0.5) is 0 Å². The van der Waals surface area contributed by atoms with Gasteiger partial charge >= 0.3 is 0 Å². The zero-order chi connectivity index (χ0) is 14.0. The first-order chi connectivity index (χ1) is 10.3. The van der Waals surface area contributed by atoms with Crippen molar-refractivity contribution in [1.82, 2.24) is 4.98 Å². The number of H-pyrrole nitrogens is 1. The lowest BCUT2D eigenvalue weighted by Gasteiger charge is -2.00. The predicted molar refractivity (Wildman–Crippen MR) is 83.6 cm³/mol. The average Bonchev–Trinajstić information content (AvgIpc) is 3.09. The lowest BCUT2D eigenvalue weighted by molar-refractivity contribution is 0.174. The van der Waals surface area contributed by atoms with Crippen LogP contribution in [0, 0.1) is 0 Å². The normalized spacial score (nSPS) is 13.5. The van der Waals surface area contributed by atoms with Crippen molar-refractivity contribution in [1.29, 1.82) is 0 Å². The van der Waals surface area contributed by atoms with Gasteiger partial charge in [0.2, 0.25) is 6.79 Å². The minimum atomic E-state index is -0.0492. The lowest BCUT2D eigenvalue weighted by atomic mass is 10.1. The lowest BCUT2D eigenvalue weighted by Crippen LogP contribution is -2.03. The Bertz CT molecular complexity index is 1090. The van der Waals surface area contributed by atoms with Crippen LogP contribution in [-0.4, -0.2) is 11.8 Å². The number of thiophene rings is 1. The Labute approximate surface area is 122 Å². The first kappa shape index (κ1) is 11.2. The third-order valence-corrected chi connectivity index (χ3v) is 4.99. The fourth-order valence-electron chi connectivity index (χ4n) is 2.90. The van der Waals surface area contributed by atoms with E-state index < -0.39 is 0 Å². The average molecular weight is 295 g/mol. The summed E-state index contributed by atoms with van der Waals surface area (Å²) in [7, 11) is 0. The van der Waals surface area contributed by atoms with Crippen LogP contribution in [0.1, 0.15) is 0 Å². The van der Waals surface area contributed by atoms with Crippen LogP contribution in [0.25, 0.3) is 31.1 Å². The van der Waals surface area contributed by atoms with Gasteiger partial charge in [0.15, 0.2) is 11.5 Å². The first-order valence-corrected chi connectivity index (χ1v) is 7.40. The van der Waals surface area contributed by atoms with E-state index in [-0.39, 0.29) is 12.4 Å². The van der Waals surface area contributed by atoms with E-state index >= 15 is 0 Å². The van der Waals surface area contributed by atoms with Crippen LogP contribution in [-0.2, 0) is 0 Å². The van der Waals surface area contributed by atoms with Crippen molar-refractivity contribution in [2.75, 3.05) is 6.79 Å². The Morgan fingerprint density at radius 2 is 1.86 bits per heavy atom. The number of ether oxygens (including phenoxy) is 2. The van der Waals surface area contributed by atoms with Gasteiger partial charge in [-0.05, 0) is 12.1 Å². The standard InChI is InChI=1S/C16H9NO3S/c18-16-15-14(8-3-1-2-4-10(8)17-16)9-5-11-12(20-7-19-11)6-13(9)21-15/h1-6H,7H2,(H,17,18). The van der Waals surface area contributed by atoms with Crippen molar-refractivity contribution >= 4 is 42.4 Å². The Kier molecular flexibility index (Phi) is 2.00. The van der Waals surface area contributed by atoms with Crippen molar-refractivity contribution in [2.45, 2.75) is 0 Å². The first-order valence-electron chi connectivity index (χ1n) is 6.58. The quantitative estimate of drug-likeness (QED) is 0.539. The van der Waals surface area contributed by atoms with Gasteiger partial charge in [0.05, 0.1) is 0 Å². The van der Waals surface area contributed by atoms with Gasteiger partial charge < -0.3 is 14.5 Å². The number of benzene rings is 2. The van der Waals surface area contributed by atoms with Crippen LogP contribution in [0.2, 0.25) is 0 Å². The number of nitrogens with one attached hydrogen (secondary N) is 1. The number of hydrogen-bond acceptors (Lipinski definition) is 4. The van der Waals surface area contributed by atoms with Gasteiger partial charge in [-0.3, -0.25) is 4.79 Å². The summed E-state index contributed by atoms with van der Waals surface area (Å²) in [6.07, 6.45) is 0. The predicted octanol–water partition coefficient (Wildman–Crippen LogP) is 3.62. The summed E-state index contributed by atoms with van der Waals surface area (Å²) >= 11 is 1.49. The number of para-hydroxylation sites is 1. The highest BCUT2D eigenvalue weighted by atomic mass is 32.1. The van der Waals surface area contributed by atoms with Crippen molar-refractivity contribution in [2.24, 2.45) is 0 Å². The fraction of sp³-hybridized carbons (Fsp3) is 0.0625. The van der Waals surface area contributed by atoms with Crippen molar-refractivity contribution in [3.05, 3.63) is 46.8 Å². The highest BCUT2D eigenvalue weighted by molar-refractivity contribution is 7.26. The minimum absolute atomic E-state index is 0.0492. The van der Waals surface area contributed by atoms with Crippen LogP contribution in [0.3, 0.4) is 0 Å². The molecular weight excluding hydrogens is 286 g/mol. The molecule has 4 nitrogen and oxygen atoms in total. The molecule has 5 rings (SSSR count). The molecule has 102 valence electrons. The van der Waals surface area contributed by atoms with Gasteiger partial charge in [-0.2, -0.15) is 0 Å². The second-order valence-corrected chi connectivity index (χ2v) is 6.06. The summed E-state index contributed by atoms with van der Waals surface area (Å²) in [6, 6.07) is 11.8. The molecule has 0 fully saturated rings. The van der Waals surface area contributed by atoms with Crippen molar-refractivity contribution in [3.8, 4) is 11.5 Å². The van der Waals surface area contributed by atoms with Crippen LogP contribution in [0.5, 0.6) is 11.5 Å². The number of aromatic nitrogens is 1. The monoisotopic (exact) mass is 295 g/mol. The fourth-order valence-corrected chi connectivity index (χ4v) is 4.03. The zero-order valence-electron chi connectivity index (χ0n) is 10.8. The van der Waals surface area contributed by atoms with Gasteiger partial charge in [0, 0.05) is 32.4 Å². The number of aromatic amines is 1. The Balaban J connectivity index is 2.08.